The minimum atomic E-state index is -3.22. The summed E-state index contributed by atoms with van der Waals surface area (Å²) in [5, 5.41) is 6.41. The number of anilines is 1. The van der Waals surface area contributed by atoms with Gasteiger partial charge in [0.25, 0.3) is 5.91 Å². The van der Waals surface area contributed by atoms with Gasteiger partial charge in [0.15, 0.2) is 0 Å². The van der Waals surface area contributed by atoms with Crippen LogP contribution in [0.4, 0.5) is 5.69 Å². The molecule has 2 aliphatic rings. The smallest absolute Gasteiger partial charge is 0.251 e. The molecule has 1 aromatic carbocycles. The zero-order chi connectivity index (χ0) is 16.4. The molecule has 0 aromatic heterocycles. The van der Waals surface area contributed by atoms with Gasteiger partial charge >= 0.3 is 0 Å². The molecule has 2 heterocycles. The number of amides is 1. The van der Waals surface area contributed by atoms with Gasteiger partial charge in [-0.05, 0) is 50.9 Å². The van der Waals surface area contributed by atoms with Crippen molar-refractivity contribution in [3.05, 3.63) is 29.8 Å². The lowest BCUT2D eigenvalue weighted by atomic mass is 10.00. The molecule has 3 rings (SSSR count). The summed E-state index contributed by atoms with van der Waals surface area (Å²) in [7, 11) is -3.22. The fraction of sp³-hybridized carbons (Fsp3) is 0.562. The number of carbonyl (C=O) groups is 1. The Bertz CT molecular complexity index is 690. The molecule has 2 unspecified atom stereocenters. The molecule has 0 bridgehead atoms. The molecule has 2 atom stereocenters. The third-order valence-electron chi connectivity index (χ3n) is 4.45. The summed E-state index contributed by atoms with van der Waals surface area (Å²) in [6.07, 6.45) is 2.45. The highest BCUT2D eigenvalue weighted by atomic mass is 32.2. The number of benzene rings is 1. The Hall–Kier alpha value is -1.60. The van der Waals surface area contributed by atoms with E-state index >= 15 is 0 Å². The van der Waals surface area contributed by atoms with Gasteiger partial charge in [0.05, 0.1) is 11.4 Å². The van der Waals surface area contributed by atoms with Gasteiger partial charge in [-0.25, -0.2) is 8.42 Å². The number of hydrogen-bond acceptors (Lipinski definition) is 4. The van der Waals surface area contributed by atoms with E-state index in [9.17, 15) is 13.2 Å². The van der Waals surface area contributed by atoms with Crippen molar-refractivity contribution in [1.82, 2.24) is 10.6 Å². The Balaban J connectivity index is 1.73. The summed E-state index contributed by atoms with van der Waals surface area (Å²) in [4.78, 5) is 12.4. The molecule has 2 aliphatic heterocycles. The van der Waals surface area contributed by atoms with E-state index < -0.39 is 10.0 Å². The van der Waals surface area contributed by atoms with Crippen LogP contribution in [0.2, 0.25) is 0 Å². The lowest BCUT2D eigenvalue weighted by Crippen LogP contribution is -2.46. The van der Waals surface area contributed by atoms with Crippen molar-refractivity contribution in [3.8, 4) is 0 Å². The Morgan fingerprint density at radius 1 is 1.39 bits per heavy atom. The van der Waals surface area contributed by atoms with Crippen molar-refractivity contribution < 1.29 is 13.2 Å². The second-order valence-corrected chi connectivity index (χ2v) is 8.35. The van der Waals surface area contributed by atoms with Gasteiger partial charge < -0.3 is 10.6 Å². The number of sulfonamides is 1. The largest absolute Gasteiger partial charge is 0.349 e. The second kappa shape index (κ2) is 6.49. The van der Waals surface area contributed by atoms with Crippen molar-refractivity contribution in [2.75, 3.05) is 23.1 Å². The van der Waals surface area contributed by atoms with E-state index in [0.717, 1.165) is 19.4 Å². The highest BCUT2D eigenvalue weighted by molar-refractivity contribution is 7.93. The lowest BCUT2D eigenvalue weighted by molar-refractivity contribution is 0.0925. The first-order valence-electron chi connectivity index (χ1n) is 8.10. The maximum Gasteiger partial charge on any atom is 0.251 e. The molecule has 2 N–H and O–H groups in total. The molecule has 126 valence electrons. The standard InChI is InChI=1S/C16H23N3O3S/c1-12-10-14(6-7-17-12)18-16(20)13-4-2-5-15(11-13)19-8-3-9-23(19,21)22/h2,4-5,11-12,14,17H,3,6-10H2,1H3,(H,18,20). The number of nitrogens with zero attached hydrogens (tertiary/aromatic N) is 1. The molecule has 0 spiro atoms. The first-order chi connectivity index (χ1) is 11.0. The molecule has 0 saturated carbocycles. The maximum absolute atomic E-state index is 12.4. The van der Waals surface area contributed by atoms with Gasteiger partial charge in [-0.15, -0.1) is 0 Å². The Labute approximate surface area is 137 Å². The number of rotatable bonds is 3. The highest BCUT2D eigenvalue weighted by Gasteiger charge is 2.29. The third-order valence-corrected chi connectivity index (χ3v) is 6.32. The van der Waals surface area contributed by atoms with Gasteiger partial charge in [0.2, 0.25) is 10.0 Å². The first kappa shape index (κ1) is 16.3. The van der Waals surface area contributed by atoms with E-state index in [4.69, 9.17) is 0 Å². The molecule has 6 nitrogen and oxygen atoms in total. The molecule has 2 saturated heterocycles. The third kappa shape index (κ3) is 3.67. The molecule has 1 amide bonds. The van der Waals surface area contributed by atoms with E-state index in [1.165, 1.54) is 4.31 Å². The van der Waals surface area contributed by atoms with Crippen LogP contribution in [0.15, 0.2) is 24.3 Å². The molecule has 0 aliphatic carbocycles. The van der Waals surface area contributed by atoms with Crippen LogP contribution in [0.25, 0.3) is 0 Å². The van der Waals surface area contributed by atoms with Crippen molar-refractivity contribution in [3.63, 3.8) is 0 Å². The Morgan fingerprint density at radius 2 is 2.22 bits per heavy atom. The number of piperidine rings is 1. The van der Waals surface area contributed by atoms with Crippen LogP contribution in [0.5, 0.6) is 0 Å². The number of hydrogen-bond donors (Lipinski definition) is 2. The molecular formula is C16H23N3O3S. The molecule has 7 heteroatoms. The van der Waals surface area contributed by atoms with E-state index in [1.807, 2.05) is 0 Å². The zero-order valence-electron chi connectivity index (χ0n) is 13.3. The maximum atomic E-state index is 12.4. The minimum absolute atomic E-state index is 0.137. The quantitative estimate of drug-likeness (QED) is 0.866. The van der Waals surface area contributed by atoms with Crippen molar-refractivity contribution >= 4 is 21.6 Å². The first-order valence-corrected chi connectivity index (χ1v) is 9.71. The average Bonchev–Trinajstić information content (AvgIpc) is 2.87. The van der Waals surface area contributed by atoms with Crippen LogP contribution in [-0.4, -0.2) is 45.3 Å². The van der Waals surface area contributed by atoms with Crippen LogP contribution < -0.4 is 14.9 Å². The van der Waals surface area contributed by atoms with Crippen LogP contribution in [0.1, 0.15) is 36.5 Å². The van der Waals surface area contributed by atoms with E-state index in [0.29, 0.717) is 30.3 Å². The van der Waals surface area contributed by atoms with Crippen LogP contribution in [-0.2, 0) is 10.0 Å². The Kier molecular flexibility index (Phi) is 4.59. The fourth-order valence-electron chi connectivity index (χ4n) is 3.26. The van der Waals surface area contributed by atoms with E-state index in [-0.39, 0.29) is 17.7 Å². The molecule has 0 radical (unpaired) electrons. The molecule has 1 aromatic rings. The number of nitrogens with one attached hydrogen (secondary N) is 2. The summed E-state index contributed by atoms with van der Waals surface area (Å²) in [5.41, 5.74) is 1.09. The molecular weight excluding hydrogens is 314 g/mol. The van der Waals surface area contributed by atoms with Gasteiger partial charge in [-0.1, -0.05) is 6.07 Å². The number of carbonyl (C=O) groups excluding carboxylic acids is 1. The lowest BCUT2D eigenvalue weighted by Gasteiger charge is -2.28. The van der Waals surface area contributed by atoms with Crippen molar-refractivity contribution in [2.45, 2.75) is 38.3 Å². The summed E-state index contributed by atoms with van der Waals surface area (Å²) < 4.78 is 25.4. The van der Waals surface area contributed by atoms with Crippen LogP contribution in [0, 0.1) is 0 Å². The predicted octanol–water partition coefficient (Wildman–Crippen LogP) is 1.10. The molecule has 2 fully saturated rings. The topological polar surface area (TPSA) is 78.5 Å². The summed E-state index contributed by atoms with van der Waals surface area (Å²) >= 11 is 0. The van der Waals surface area contributed by atoms with Crippen LogP contribution >= 0.6 is 0 Å². The van der Waals surface area contributed by atoms with Crippen LogP contribution in [0.3, 0.4) is 0 Å². The monoisotopic (exact) mass is 337 g/mol. The minimum Gasteiger partial charge on any atom is -0.349 e. The SMILES string of the molecule is CC1CC(NC(=O)c2cccc(N3CCCS3(=O)=O)c2)CCN1. The fourth-order valence-corrected chi connectivity index (χ4v) is 4.82. The van der Waals surface area contributed by atoms with Crippen molar-refractivity contribution in [1.29, 1.82) is 0 Å². The molecule has 23 heavy (non-hydrogen) atoms. The van der Waals surface area contributed by atoms with Gasteiger partial charge in [-0.2, -0.15) is 0 Å². The normalized spacial score (nSPS) is 26.9. The summed E-state index contributed by atoms with van der Waals surface area (Å²) in [6, 6.07) is 7.44. The van der Waals surface area contributed by atoms with E-state index in [2.05, 4.69) is 17.6 Å². The average molecular weight is 337 g/mol. The van der Waals surface area contributed by atoms with Gasteiger partial charge in [-0.3, -0.25) is 9.10 Å². The summed E-state index contributed by atoms with van der Waals surface area (Å²) in [5.74, 6) is 0.0404. The Morgan fingerprint density at radius 3 is 2.91 bits per heavy atom. The second-order valence-electron chi connectivity index (χ2n) is 6.34. The predicted molar refractivity (Wildman–Crippen MR) is 90.1 cm³/mol. The zero-order valence-corrected chi connectivity index (χ0v) is 14.1. The van der Waals surface area contributed by atoms with Gasteiger partial charge in [0, 0.05) is 24.2 Å². The van der Waals surface area contributed by atoms with E-state index in [1.54, 1.807) is 24.3 Å². The highest BCUT2D eigenvalue weighted by Crippen LogP contribution is 2.24. The van der Waals surface area contributed by atoms with Crippen molar-refractivity contribution in [2.24, 2.45) is 0 Å². The summed E-state index contributed by atoms with van der Waals surface area (Å²) in [6.45, 7) is 3.49. The van der Waals surface area contributed by atoms with Gasteiger partial charge in [0.1, 0.15) is 0 Å².